The predicted molar refractivity (Wildman–Crippen MR) is 73.7 cm³/mol. The van der Waals surface area contributed by atoms with E-state index in [9.17, 15) is 8.78 Å². The molecule has 0 radical (unpaired) electrons. The van der Waals surface area contributed by atoms with Crippen molar-refractivity contribution in [1.82, 2.24) is 9.97 Å². The lowest BCUT2D eigenvalue weighted by atomic mass is 10.2. The largest absolute Gasteiger partial charge is 0.373 e. The highest BCUT2D eigenvalue weighted by atomic mass is 79.9. The molecule has 0 aliphatic heterocycles. The number of benzene rings is 1. The Labute approximate surface area is 117 Å². The van der Waals surface area contributed by atoms with Crippen molar-refractivity contribution in [1.29, 1.82) is 0 Å². The molecule has 19 heavy (non-hydrogen) atoms. The normalized spacial score (nSPS) is 10.4. The summed E-state index contributed by atoms with van der Waals surface area (Å²) >= 11 is 3.01. The Hall–Kier alpha value is -1.76. The molecule has 0 atom stereocenters. The molecule has 0 aliphatic carbocycles. The summed E-state index contributed by atoms with van der Waals surface area (Å²) in [4.78, 5) is 8.07. The van der Waals surface area contributed by atoms with Gasteiger partial charge in [0.05, 0.1) is 10.2 Å². The van der Waals surface area contributed by atoms with E-state index in [0.29, 0.717) is 11.6 Å². The highest BCUT2D eigenvalue weighted by Crippen LogP contribution is 2.28. The molecule has 0 aliphatic rings. The minimum atomic E-state index is -0.690. The number of nitrogens with zero attached hydrogens (tertiary/aromatic N) is 2. The molecule has 0 bridgehead atoms. The van der Waals surface area contributed by atoms with Crippen LogP contribution in [0.3, 0.4) is 0 Å². The van der Waals surface area contributed by atoms with Gasteiger partial charge in [-0.05, 0) is 28.9 Å². The second-order valence-electron chi connectivity index (χ2n) is 3.82. The van der Waals surface area contributed by atoms with Crippen LogP contribution in [0, 0.1) is 18.6 Å². The van der Waals surface area contributed by atoms with Gasteiger partial charge in [0.25, 0.3) is 0 Å². The summed E-state index contributed by atoms with van der Waals surface area (Å²) in [5, 5.41) is 5.72. The van der Waals surface area contributed by atoms with Gasteiger partial charge in [0, 0.05) is 18.7 Å². The van der Waals surface area contributed by atoms with Crippen LogP contribution < -0.4 is 10.6 Å². The third-order valence-corrected chi connectivity index (χ3v) is 3.19. The number of halogens is 3. The van der Waals surface area contributed by atoms with Crippen molar-refractivity contribution in [3.63, 3.8) is 0 Å². The number of hydrogen-bond donors (Lipinski definition) is 2. The highest BCUT2D eigenvalue weighted by molar-refractivity contribution is 9.10. The molecule has 1 aromatic heterocycles. The molecule has 2 N–H and O–H groups in total. The number of rotatable bonds is 3. The first-order chi connectivity index (χ1) is 9.02. The minimum Gasteiger partial charge on any atom is -0.373 e. The van der Waals surface area contributed by atoms with Crippen LogP contribution in [0.5, 0.6) is 0 Å². The lowest BCUT2D eigenvalue weighted by Gasteiger charge is -2.12. The highest BCUT2D eigenvalue weighted by Gasteiger charge is 2.11. The van der Waals surface area contributed by atoms with E-state index in [1.54, 1.807) is 14.0 Å². The van der Waals surface area contributed by atoms with Gasteiger partial charge in [-0.15, -0.1) is 0 Å². The van der Waals surface area contributed by atoms with Crippen LogP contribution in [0.2, 0.25) is 0 Å². The summed E-state index contributed by atoms with van der Waals surface area (Å²) in [6.45, 7) is 1.80. The molecule has 0 amide bonds. The summed E-state index contributed by atoms with van der Waals surface area (Å²) in [7, 11) is 1.73. The number of hydrogen-bond acceptors (Lipinski definition) is 4. The Morgan fingerprint density at radius 1 is 1.11 bits per heavy atom. The fourth-order valence-electron chi connectivity index (χ4n) is 1.57. The van der Waals surface area contributed by atoms with Crippen LogP contribution in [-0.4, -0.2) is 17.0 Å². The van der Waals surface area contributed by atoms with E-state index in [1.807, 2.05) is 0 Å². The molecule has 4 nitrogen and oxygen atoms in total. The number of nitrogens with one attached hydrogen (secondary N) is 2. The first-order valence-electron chi connectivity index (χ1n) is 5.44. The van der Waals surface area contributed by atoms with Gasteiger partial charge in [-0.2, -0.15) is 0 Å². The second kappa shape index (κ2) is 5.48. The molecule has 1 aromatic carbocycles. The lowest BCUT2D eigenvalue weighted by molar-refractivity contribution is 0.581. The lowest BCUT2D eigenvalue weighted by Crippen LogP contribution is -2.03. The van der Waals surface area contributed by atoms with E-state index in [-0.39, 0.29) is 10.2 Å². The van der Waals surface area contributed by atoms with Gasteiger partial charge < -0.3 is 10.6 Å². The smallest absolute Gasteiger partial charge is 0.149 e. The third kappa shape index (κ3) is 2.81. The van der Waals surface area contributed by atoms with Crippen molar-refractivity contribution in [2.24, 2.45) is 0 Å². The van der Waals surface area contributed by atoms with Gasteiger partial charge in [-0.3, -0.25) is 0 Å². The van der Waals surface area contributed by atoms with Crippen LogP contribution in [-0.2, 0) is 0 Å². The van der Waals surface area contributed by atoms with Gasteiger partial charge >= 0.3 is 0 Å². The van der Waals surface area contributed by atoms with Crippen LogP contribution in [0.15, 0.2) is 22.9 Å². The van der Waals surface area contributed by atoms with Gasteiger partial charge in [0.2, 0.25) is 0 Å². The zero-order chi connectivity index (χ0) is 14.0. The molecule has 2 aromatic rings. The molecule has 7 heteroatoms. The second-order valence-corrected chi connectivity index (χ2v) is 4.67. The van der Waals surface area contributed by atoms with Gasteiger partial charge in [0.15, 0.2) is 0 Å². The summed E-state index contributed by atoms with van der Waals surface area (Å²) in [6.07, 6.45) is 1.36. The Kier molecular flexibility index (Phi) is 3.94. The molecule has 0 fully saturated rings. The van der Waals surface area contributed by atoms with E-state index < -0.39 is 11.6 Å². The van der Waals surface area contributed by atoms with E-state index in [1.165, 1.54) is 12.4 Å². The Morgan fingerprint density at radius 2 is 1.79 bits per heavy atom. The maximum absolute atomic E-state index is 13.6. The van der Waals surface area contributed by atoms with Crippen LogP contribution in [0.1, 0.15) is 5.56 Å². The van der Waals surface area contributed by atoms with Crippen molar-refractivity contribution in [2.45, 2.75) is 6.92 Å². The molecule has 2 rings (SSSR count). The van der Waals surface area contributed by atoms with Gasteiger partial charge in [-0.25, -0.2) is 18.7 Å². The molecule has 0 saturated heterocycles. The van der Waals surface area contributed by atoms with E-state index in [2.05, 4.69) is 36.5 Å². The third-order valence-electron chi connectivity index (χ3n) is 2.58. The van der Waals surface area contributed by atoms with Crippen molar-refractivity contribution in [2.75, 3.05) is 17.7 Å². The summed E-state index contributed by atoms with van der Waals surface area (Å²) in [5.74, 6) is -0.251. The number of aromatic nitrogens is 2. The zero-order valence-electron chi connectivity index (χ0n) is 10.3. The summed E-state index contributed by atoms with van der Waals surface area (Å²) in [5.41, 5.74) is 0.877. The molecule has 0 saturated carbocycles. The molecule has 0 unspecified atom stereocenters. The maximum Gasteiger partial charge on any atom is 0.149 e. The van der Waals surface area contributed by atoms with E-state index in [0.717, 1.165) is 11.6 Å². The Bertz CT molecular complexity index is 619. The van der Waals surface area contributed by atoms with E-state index >= 15 is 0 Å². The van der Waals surface area contributed by atoms with Crippen LogP contribution >= 0.6 is 15.9 Å². The topological polar surface area (TPSA) is 49.8 Å². The molecular weight excluding hydrogens is 318 g/mol. The van der Waals surface area contributed by atoms with Crippen molar-refractivity contribution in [3.05, 3.63) is 40.1 Å². The molecular formula is C12H11BrF2N4. The van der Waals surface area contributed by atoms with Crippen molar-refractivity contribution < 1.29 is 8.78 Å². The van der Waals surface area contributed by atoms with Crippen molar-refractivity contribution >= 4 is 33.3 Å². The summed E-state index contributed by atoms with van der Waals surface area (Å²) < 4.78 is 27.0. The summed E-state index contributed by atoms with van der Waals surface area (Å²) in [6, 6.07) is 2.13. The molecule has 0 spiro atoms. The van der Waals surface area contributed by atoms with Gasteiger partial charge in [0.1, 0.15) is 29.6 Å². The first-order valence-corrected chi connectivity index (χ1v) is 6.23. The van der Waals surface area contributed by atoms with Crippen LogP contribution in [0.25, 0.3) is 0 Å². The van der Waals surface area contributed by atoms with Crippen molar-refractivity contribution in [3.8, 4) is 0 Å². The molecule has 100 valence electrons. The monoisotopic (exact) mass is 328 g/mol. The minimum absolute atomic E-state index is 0.136. The average Bonchev–Trinajstić information content (AvgIpc) is 2.38. The maximum atomic E-state index is 13.6. The van der Waals surface area contributed by atoms with Gasteiger partial charge in [-0.1, -0.05) is 0 Å². The Morgan fingerprint density at radius 3 is 2.47 bits per heavy atom. The van der Waals surface area contributed by atoms with Crippen LogP contribution in [0.4, 0.5) is 26.1 Å². The first kappa shape index (κ1) is 13.7. The zero-order valence-corrected chi connectivity index (χ0v) is 11.8. The predicted octanol–water partition coefficient (Wildman–Crippen LogP) is 3.61. The fraction of sp³-hybridized carbons (Fsp3) is 0.167. The number of anilines is 3. The standard InChI is InChI=1S/C12H11BrF2N4/c1-6-11(16-2)17-5-18-12(6)19-10-3-7(13)8(14)4-9(10)15/h3-5H,1-2H3,(H2,16,17,18,19). The SMILES string of the molecule is CNc1ncnc(Nc2cc(Br)c(F)cc2F)c1C. The average molecular weight is 329 g/mol. The Balaban J connectivity index is 2.39. The molecule has 1 heterocycles. The van der Waals surface area contributed by atoms with E-state index in [4.69, 9.17) is 0 Å². The fourth-order valence-corrected chi connectivity index (χ4v) is 1.92. The quantitative estimate of drug-likeness (QED) is 0.845.